The molecule has 0 amide bonds. The molecule has 0 aliphatic heterocycles. The van der Waals surface area contributed by atoms with Crippen LogP contribution in [0.4, 0.5) is 18.9 Å². The zero-order valence-corrected chi connectivity index (χ0v) is 10.9. The molecule has 0 saturated heterocycles. The molecule has 0 radical (unpaired) electrons. The van der Waals surface area contributed by atoms with Crippen LogP contribution in [0.3, 0.4) is 0 Å². The number of halogens is 3. The van der Waals surface area contributed by atoms with E-state index in [1.165, 1.54) is 17.7 Å². The summed E-state index contributed by atoms with van der Waals surface area (Å²) in [6, 6.07) is 13.7. The van der Waals surface area contributed by atoms with Crippen LogP contribution in [-0.4, -0.2) is 6.36 Å². The second-order valence-corrected chi connectivity index (χ2v) is 4.41. The van der Waals surface area contributed by atoms with E-state index in [1.54, 1.807) is 12.1 Å². The predicted octanol–water partition coefficient (Wildman–Crippen LogP) is 4.51. The molecule has 0 aliphatic rings. The highest BCUT2D eigenvalue weighted by Gasteiger charge is 2.30. The molecule has 5 heteroatoms. The SMILES string of the molecule is Cc1ccc(CNc2ccc(OC(F)(F)F)cc2)cc1. The van der Waals surface area contributed by atoms with Gasteiger partial charge in [-0.2, -0.15) is 0 Å². The first kappa shape index (κ1) is 14.2. The quantitative estimate of drug-likeness (QED) is 0.890. The highest BCUT2D eigenvalue weighted by atomic mass is 19.4. The first-order valence-corrected chi connectivity index (χ1v) is 6.08. The highest BCUT2D eigenvalue weighted by Crippen LogP contribution is 2.24. The van der Waals surface area contributed by atoms with E-state index < -0.39 is 6.36 Å². The molecule has 0 saturated carbocycles. The third kappa shape index (κ3) is 4.50. The van der Waals surface area contributed by atoms with Gasteiger partial charge >= 0.3 is 6.36 Å². The Morgan fingerprint density at radius 2 is 1.55 bits per heavy atom. The van der Waals surface area contributed by atoms with Crippen molar-refractivity contribution in [3.8, 4) is 5.75 Å². The number of nitrogens with one attached hydrogen (secondary N) is 1. The van der Waals surface area contributed by atoms with E-state index in [9.17, 15) is 13.2 Å². The van der Waals surface area contributed by atoms with Crippen LogP contribution >= 0.6 is 0 Å². The third-order valence-electron chi connectivity index (χ3n) is 2.71. The van der Waals surface area contributed by atoms with Gasteiger partial charge in [-0.1, -0.05) is 29.8 Å². The van der Waals surface area contributed by atoms with E-state index >= 15 is 0 Å². The van der Waals surface area contributed by atoms with Gasteiger partial charge in [0.05, 0.1) is 0 Å². The van der Waals surface area contributed by atoms with Crippen molar-refractivity contribution in [3.05, 3.63) is 59.7 Å². The lowest BCUT2D eigenvalue weighted by atomic mass is 10.1. The monoisotopic (exact) mass is 281 g/mol. The van der Waals surface area contributed by atoms with Crippen LogP contribution < -0.4 is 10.1 Å². The Labute approximate surface area is 115 Å². The van der Waals surface area contributed by atoms with Crippen molar-refractivity contribution < 1.29 is 17.9 Å². The molecule has 106 valence electrons. The van der Waals surface area contributed by atoms with Gasteiger partial charge in [-0.25, -0.2) is 0 Å². The summed E-state index contributed by atoms with van der Waals surface area (Å²) in [5.74, 6) is -0.224. The average Bonchev–Trinajstić information content (AvgIpc) is 2.38. The summed E-state index contributed by atoms with van der Waals surface area (Å²) >= 11 is 0. The number of aryl methyl sites for hydroxylation is 1. The van der Waals surface area contributed by atoms with Crippen LogP contribution in [0.2, 0.25) is 0 Å². The van der Waals surface area contributed by atoms with E-state index in [4.69, 9.17) is 0 Å². The molecule has 0 bridgehead atoms. The molecule has 0 fully saturated rings. The van der Waals surface area contributed by atoms with Crippen molar-refractivity contribution in [2.24, 2.45) is 0 Å². The van der Waals surface area contributed by atoms with Gasteiger partial charge in [0.15, 0.2) is 0 Å². The zero-order chi connectivity index (χ0) is 14.6. The van der Waals surface area contributed by atoms with E-state index in [0.29, 0.717) is 6.54 Å². The number of anilines is 1. The molecular formula is C15H14F3NO. The number of hydrogen-bond donors (Lipinski definition) is 1. The standard InChI is InChI=1S/C15H14F3NO/c1-11-2-4-12(5-3-11)10-19-13-6-8-14(9-7-13)20-15(16,17)18/h2-9,19H,10H2,1H3. The Morgan fingerprint density at radius 3 is 2.10 bits per heavy atom. The van der Waals surface area contributed by atoms with Gasteiger partial charge in [0.1, 0.15) is 5.75 Å². The second-order valence-electron chi connectivity index (χ2n) is 4.41. The second kappa shape index (κ2) is 5.86. The summed E-state index contributed by atoms with van der Waals surface area (Å²) < 4.78 is 39.8. The van der Waals surface area contributed by atoms with Gasteiger partial charge in [0.25, 0.3) is 0 Å². The zero-order valence-electron chi connectivity index (χ0n) is 10.9. The maximum Gasteiger partial charge on any atom is 0.573 e. The fourth-order valence-electron chi connectivity index (χ4n) is 1.68. The lowest BCUT2D eigenvalue weighted by molar-refractivity contribution is -0.274. The molecule has 0 aliphatic carbocycles. The molecule has 2 nitrogen and oxygen atoms in total. The molecule has 2 aromatic rings. The van der Waals surface area contributed by atoms with Crippen LogP contribution in [0.1, 0.15) is 11.1 Å². The molecule has 1 N–H and O–H groups in total. The smallest absolute Gasteiger partial charge is 0.406 e. The van der Waals surface area contributed by atoms with Crippen LogP contribution in [0, 0.1) is 6.92 Å². The summed E-state index contributed by atoms with van der Waals surface area (Å²) in [7, 11) is 0. The summed E-state index contributed by atoms with van der Waals surface area (Å²) in [6.07, 6.45) is -4.66. The number of ether oxygens (including phenoxy) is 1. The van der Waals surface area contributed by atoms with E-state index in [-0.39, 0.29) is 5.75 Å². The van der Waals surface area contributed by atoms with E-state index in [1.807, 2.05) is 31.2 Å². The van der Waals surface area contributed by atoms with Crippen LogP contribution in [-0.2, 0) is 6.54 Å². The first-order chi connectivity index (χ1) is 9.42. The largest absolute Gasteiger partial charge is 0.573 e. The Morgan fingerprint density at radius 1 is 0.950 bits per heavy atom. The molecule has 2 aromatic carbocycles. The van der Waals surface area contributed by atoms with Gasteiger partial charge < -0.3 is 10.1 Å². The normalized spacial score (nSPS) is 11.2. The molecule has 0 heterocycles. The van der Waals surface area contributed by atoms with Crippen LogP contribution in [0.15, 0.2) is 48.5 Å². The number of hydrogen-bond acceptors (Lipinski definition) is 2. The van der Waals surface area contributed by atoms with Gasteiger partial charge in [0, 0.05) is 12.2 Å². The fraction of sp³-hybridized carbons (Fsp3) is 0.200. The van der Waals surface area contributed by atoms with Gasteiger partial charge in [-0.3, -0.25) is 0 Å². The highest BCUT2D eigenvalue weighted by molar-refractivity contribution is 5.46. The maximum atomic E-state index is 12.0. The van der Waals surface area contributed by atoms with E-state index in [0.717, 1.165) is 11.3 Å². The topological polar surface area (TPSA) is 21.3 Å². The summed E-state index contributed by atoms with van der Waals surface area (Å²) in [6.45, 7) is 2.62. The molecular weight excluding hydrogens is 267 g/mol. The molecule has 0 atom stereocenters. The number of benzene rings is 2. The Kier molecular flexibility index (Phi) is 4.17. The Hall–Kier alpha value is -2.17. The Bertz CT molecular complexity index is 547. The predicted molar refractivity (Wildman–Crippen MR) is 71.6 cm³/mol. The molecule has 2 rings (SSSR count). The first-order valence-electron chi connectivity index (χ1n) is 6.08. The average molecular weight is 281 g/mol. The van der Waals surface area contributed by atoms with Crippen molar-refractivity contribution in [2.45, 2.75) is 19.8 Å². The maximum absolute atomic E-state index is 12.0. The lowest BCUT2D eigenvalue weighted by Gasteiger charge is -2.10. The van der Waals surface area contributed by atoms with Crippen molar-refractivity contribution in [3.63, 3.8) is 0 Å². The summed E-state index contributed by atoms with van der Waals surface area (Å²) in [5.41, 5.74) is 3.02. The lowest BCUT2D eigenvalue weighted by Crippen LogP contribution is -2.17. The Balaban J connectivity index is 1.92. The van der Waals surface area contributed by atoms with Crippen molar-refractivity contribution in [1.29, 1.82) is 0 Å². The van der Waals surface area contributed by atoms with Crippen LogP contribution in [0.25, 0.3) is 0 Å². The third-order valence-corrected chi connectivity index (χ3v) is 2.71. The fourth-order valence-corrected chi connectivity index (χ4v) is 1.68. The van der Waals surface area contributed by atoms with E-state index in [2.05, 4.69) is 10.1 Å². The summed E-state index contributed by atoms with van der Waals surface area (Å²) in [4.78, 5) is 0. The summed E-state index contributed by atoms with van der Waals surface area (Å²) in [5, 5.41) is 3.13. The van der Waals surface area contributed by atoms with Crippen LogP contribution in [0.5, 0.6) is 5.75 Å². The minimum atomic E-state index is -4.66. The van der Waals surface area contributed by atoms with Gasteiger partial charge in [0.2, 0.25) is 0 Å². The van der Waals surface area contributed by atoms with Gasteiger partial charge in [-0.05, 0) is 36.8 Å². The minimum absolute atomic E-state index is 0.224. The van der Waals surface area contributed by atoms with Crippen molar-refractivity contribution in [2.75, 3.05) is 5.32 Å². The van der Waals surface area contributed by atoms with Gasteiger partial charge in [-0.15, -0.1) is 13.2 Å². The molecule has 20 heavy (non-hydrogen) atoms. The number of alkyl halides is 3. The molecule has 0 unspecified atom stereocenters. The minimum Gasteiger partial charge on any atom is -0.406 e. The van der Waals surface area contributed by atoms with Crippen molar-refractivity contribution in [1.82, 2.24) is 0 Å². The molecule has 0 spiro atoms. The number of rotatable bonds is 4. The van der Waals surface area contributed by atoms with Crippen molar-refractivity contribution >= 4 is 5.69 Å². The molecule has 0 aromatic heterocycles.